The van der Waals surface area contributed by atoms with E-state index in [0.29, 0.717) is 12.2 Å². The number of amides is 1. The summed E-state index contributed by atoms with van der Waals surface area (Å²) >= 11 is 3.34. The second kappa shape index (κ2) is 7.81. The first-order valence-corrected chi connectivity index (χ1v) is 8.15. The van der Waals surface area contributed by atoms with Crippen LogP contribution in [0.1, 0.15) is 31.6 Å². The zero-order valence-electron chi connectivity index (χ0n) is 10.9. The number of nitrogens with one attached hydrogen (secondary N) is 1. The number of carbonyl (C=O) groups is 1. The second-order valence-corrected chi connectivity index (χ2v) is 6.53. The maximum atomic E-state index is 11.8. The monoisotopic (exact) mass is 287 g/mol. The third-order valence-corrected chi connectivity index (χ3v) is 4.98. The molecule has 1 unspecified atom stereocenters. The Kier molecular flexibility index (Phi) is 6.75. The van der Waals surface area contributed by atoms with Crippen LogP contribution in [0.25, 0.3) is 0 Å². The van der Waals surface area contributed by atoms with Gasteiger partial charge in [0, 0.05) is 22.8 Å². The van der Waals surface area contributed by atoms with E-state index in [1.54, 1.807) is 23.1 Å². The van der Waals surface area contributed by atoms with Crippen LogP contribution in [-0.4, -0.2) is 28.9 Å². The molecule has 1 heterocycles. The van der Waals surface area contributed by atoms with E-state index in [4.69, 9.17) is 5.11 Å². The summed E-state index contributed by atoms with van der Waals surface area (Å²) in [6, 6.07) is 4.10. The average Bonchev–Trinajstić information content (AvgIpc) is 2.82. The Bertz CT molecular complexity index is 354. The van der Waals surface area contributed by atoms with Crippen LogP contribution >= 0.6 is 23.1 Å². The molecule has 1 aromatic rings. The maximum Gasteiger partial charge on any atom is 0.230 e. The highest BCUT2D eigenvalue weighted by molar-refractivity contribution is 7.99. The van der Waals surface area contributed by atoms with Gasteiger partial charge in [-0.05, 0) is 31.2 Å². The number of hydrogen-bond acceptors (Lipinski definition) is 4. The average molecular weight is 287 g/mol. The molecule has 0 aromatic carbocycles. The van der Waals surface area contributed by atoms with Crippen LogP contribution in [0.2, 0.25) is 0 Å². The second-order valence-electron chi connectivity index (χ2n) is 4.51. The summed E-state index contributed by atoms with van der Waals surface area (Å²) < 4.78 is 0. The van der Waals surface area contributed by atoms with Crippen molar-refractivity contribution in [3.8, 4) is 0 Å². The van der Waals surface area contributed by atoms with E-state index >= 15 is 0 Å². The molecule has 0 bridgehead atoms. The van der Waals surface area contributed by atoms with E-state index in [-0.39, 0.29) is 18.1 Å². The largest absolute Gasteiger partial charge is 0.396 e. The predicted molar refractivity (Wildman–Crippen MR) is 79.0 cm³/mol. The summed E-state index contributed by atoms with van der Waals surface area (Å²) in [4.78, 5) is 13.1. The van der Waals surface area contributed by atoms with Crippen LogP contribution in [0.5, 0.6) is 0 Å². The molecule has 0 aliphatic rings. The molecule has 1 rings (SSSR count). The Morgan fingerprint density at radius 1 is 1.61 bits per heavy atom. The van der Waals surface area contributed by atoms with Crippen LogP contribution in [0.3, 0.4) is 0 Å². The molecule has 102 valence electrons. The molecular formula is C13H21NO2S2. The lowest BCUT2D eigenvalue weighted by Gasteiger charge is -2.28. The zero-order chi connectivity index (χ0) is 13.4. The van der Waals surface area contributed by atoms with E-state index in [1.807, 2.05) is 25.3 Å². The standard InChI is InChI=1S/C13H21NO2S2/c1-3-13(2,6-7-15)14-12(16)10-17-9-11-5-4-8-18-11/h4-5,8,15H,3,6-7,9-10H2,1-2H3,(H,14,16). The molecule has 1 aromatic heterocycles. The minimum absolute atomic E-state index is 0.0503. The molecule has 0 aliphatic carbocycles. The van der Waals surface area contributed by atoms with Gasteiger partial charge in [-0.15, -0.1) is 23.1 Å². The van der Waals surface area contributed by atoms with Crippen molar-refractivity contribution >= 4 is 29.0 Å². The molecular weight excluding hydrogens is 266 g/mol. The van der Waals surface area contributed by atoms with Crippen molar-refractivity contribution in [2.45, 2.75) is 38.0 Å². The lowest BCUT2D eigenvalue weighted by Crippen LogP contribution is -2.46. The van der Waals surface area contributed by atoms with Crippen LogP contribution in [0.15, 0.2) is 17.5 Å². The summed E-state index contributed by atoms with van der Waals surface area (Å²) in [5.41, 5.74) is -0.282. The number of carbonyl (C=O) groups excluding carboxylic acids is 1. The molecule has 0 radical (unpaired) electrons. The highest BCUT2D eigenvalue weighted by Crippen LogP contribution is 2.18. The van der Waals surface area contributed by atoms with E-state index in [9.17, 15) is 4.79 Å². The van der Waals surface area contributed by atoms with E-state index in [2.05, 4.69) is 11.4 Å². The number of rotatable bonds is 8. The SMILES string of the molecule is CCC(C)(CCO)NC(=O)CSCc1cccs1. The van der Waals surface area contributed by atoms with Crippen LogP contribution in [-0.2, 0) is 10.5 Å². The van der Waals surface area contributed by atoms with Gasteiger partial charge in [-0.3, -0.25) is 4.79 Å². The quantitative estimate of drug-likeness (QED) is 0.773. The molecule has 5 heteroatoms. The fourth-order valence-corrected chi connectivity index (χ4v) is 3.25. The van der Waals surface area contributed by atoms with Crippen LogP contribution < -0.4 is 5.32 Å². The number of thiophene rings is 1. The smallest absolute Gasteiger partial charge is 0.230 e. The van der Waals surface area contributed by atoms with E-state index in [1.165, 1.54) is 4.88 Å². The van der Waals surface area contributed by atoms with Gasteiger partial charge in [0.25, 0.3) is 0 Å². The Balaban J connectivity index is 2.28. The lowest BCUT2D eigenvalue weighted by molar-refractivity contribution is -0.120. The van der Waals surface area contributed by atoms with Crippen molar-refractivity contribution in [2.75, 3.05) is 12.4 Å². The maximum absolute atomic E-state index is 11.8. The number of thioether (sulfide) groups is 1. The third kappa shape index (κ3) is 5.42. The normalized spacial score (nSPS) is 14.2. The Morgan fingerprint density at radius 3 is 2.94 bits per heavy atom. The van der Waals surface area contributed by atoms with E-state index < -0.39 is 0 Å². The number of aliphatic hydroxyl groups excluding tert-OH is 1. The molecule has 0 spiro atoms. The first kappa shape index (κ1) is 15.5. The summed E-state index contributed by atoms with van der Waals surface area (Å²) in [6.07, 6.45) is 1.43. The number of hydrogen-bond donors (Lipinski definition) is 2. The van der Waals surface area contributed by atoms with Gasteiger partial charge < -0.3 is 10.4 Å². The highest BCUT2D eigenvalue weighted by atomic mass is 32.2. The van der Waals surface area contributed by atoms with Crippen molar-refractivity contribution in [2.24, 2.45) is 0 Å². The molecule has 1 atom stereocenters. The summed E-state index contributed by atoms with van der Waals surface area (Å²) in [7, 11) is 0. The molecule has 2 N–H and O–H groups in total. The molecule has 0 saturated carbocycles. The first-order valence-electron chi connectivity index (χ1n) is 6.11. The molecule has 3 nitrogen and oxygen atoms in total. The fraction of sp³-hybridized carbons (Fsp3) is 0.615. The third-order valence-electron chi connectivity index (χ3n) is 2.94. The minimum Gasteiger partial charge on any atom is -0.396 e. The van der Waals surface area contributed by atoms with Gasteiger partial charge in [-0.1, -0.05) is 13.0 Å². The van der Waals surface area contributed by atoms with Crippen LogP contribution in [0, 0.1) is 0 Å². The first-order chi connectivity index (χ1) is 8.59. The summed E-state index contributed by atoms with van der Waals surface area (Å²) in [5, 5.41) is 14.0. The topological polar surface area (TPSA) is 49.3 Å². The van der Waals surface area contributed by atoms with Crippen LogP contribution in [0.4, 0.5) is 0 Å². The molecule has 0 aliphatic heterocycles. The van der Waals surface area contributed by atoms with Gasteiger partial charge in [0.2, 0.25) is 5.91 Å². The van der Waals surface area contributed by atoms with Crippen molar-refractivity contribution in [1.29, 1.82) is 0 Å². The van der Waals surface area contributed by atoms with Gasteiger partial charge in [-0.2, -0.15) is 0 Å². The number of aliphatic hydroxyl groups is 1. The highest BCUT2D eigenvalue weighted by Gasteiger charge is 2.23. The Hall–Kier alpha value is -0.520. The van der Waals surface area contributed by atoms with Crippen molar-refractivity contribution in [3.05, 3.63) is 22.4 Å². The minimum atomic E-state index is -0.282. The summed E-state index contributed by atoms with van der Waals surface area (Å²) in [6.45, 7) is 4.10. The lowest BCUT2D eigenvalue weighted by atomic mass is 9.95. The van der Waals surface area contributed by atoms with Gasteiger partial charge in [0.15, 0.2) is 0 Å². The van der Waals surface area contributed by atoms with Gasteiger partial charge in [0.05, 0.1) is 5.75 Å². The predicted octanol–water partition coefficient (Wildman–Crippen LogP) is 2.65. The molecule has 0 fully saturated rings. The molecule has 0 saturated heterocycles. The Morgan fingerprint density at radius 2 is 2.39 bits per heavy atom. The molecule has 1 amide bonds. The summed E-state index contributed by atoms with van der Waals surface area (Å²) in [5.74, 6) is 1.40. The van der Waals surface area contributed by atoms with E-state index in [0.717, 1.165) is 12.2 Å². The van der Waals surface area contributed by atoms with Gasteiger partial charge in [-0.25, -0.2) is 0 Å². The van der Waals surface area contributed by atoms with Crippen molar-refractivity contribution in [3.63, 3.8) is 0 Å². The fourth-order valence-electron chi connectivity index (χ4n) is 1.59. The van der Waals surface area contributed by atoms with Crippen molar-refractivity contribution < 1.29 is 9.90 Å². The Labute approximate surface area is 117 Å². The molecule has 18 heavy (non-hydrogen) atoms. The van der Waals surface area contributed by atoms with Gasteiger partial charge in [0.1, 0.15) is 0 Å². The van der Waals surface area contributed by atoms with Crippen molar-refractivity contribution in [1.82, 2.24) is 5.32 Å². The zero-order valence-corrected chi connectivity index (χ0v) is 12.6. The van der Waals surface area contributed by atoms with Gasteiger partial charge >= 0.3 is 0 Å².